The minimum absolute atomic E-state index is 0.908. The van der Waals surface area contributed by atoms with Gasteiger partial charge in [-0.1, -0.05) is 0 Å². The number of rotatable bonds is 5. The first kappa shape index (κ1) is 10.3. The molecule has 0 N–H and O–H groups in total. The summed E-state index contributed by atoms with van der Waals surface area (Å²) >= 11 is 2.28. The molecule has 0 aromatic rings. The number of hydrogen-bond acceptors (Lipinski definition) is 3. The molecule has 0 spiro atoms. The monoisotopic (exact) mass is 279 g/mol. The minimum Gasteiger partial charge on any atom is -0.334 e. The van der Waals surface area contributed by atoms with E-state index in [9.17, 15) is 0 Å². The van der Waals surface area contributed by atoms with Crippen LogP contribution in [0.1, 0.15) is 6.42 Å². The topological polar surface area (TPSA) is 21.6 Å². The molecule has 0 amide bonds. The zero-order valence-corrected chi connectivity index (χ0v) is 9.60. The molecular weight excluding hydrogens is 266 g/mol. The van der Waals surface area contributed by atoms with Crippen molar-refractivity contribution in [1.82, 2.24) is 13.0 Å². The summed E-state index contributed by atoms with van der Waals surface area (Å²) in [7, 11) is 6.04. The van der Waals surface area contributed by atoms with Crippen molar-refractivity contribution >= 4 is 36.8 Å². The summed E-state index contributed by atoms with van der Waals surface area (Å²) in [5, 5.41) is 0. The van der Waals surface area contributed by atoms with Gasteiger partial charge in [-0.3, -0.25) is 13.0 Å². The number of nitrogens with zero attached hydrogens (tertiary/aromatic N) is 4. The van der Waals surface area contributed by atoms with Crippen molar-refractivity contribution in [1.29, 1.82) is 0 Å². The third kappa shape index (κ3) is 4.27. The zero-order valence-electron chi connectivity index (χ0n) is 7.44. The Bertz CT molecular complexity index is 164. The molecule has 0 bridgehead atoms. The standard InChI is InChI=1S/C6H13BIN4/c1-10(8)5-3-4-9-6-12-7-11(12)2/h6H,3-5H2,1-2H3. The summed E-state index contributed by atoms with van der Waals surface area (Å²) in [5.74, 6) is 0. The second-order valence-electron chi connectivity index (χ2n) is 2.77. The van der Waals surface area contributed by atoms with Crippen LogP contribution in [0.2, 0.25) is 0 Å². The van der Waals surface area contributed by atoms with Gasteiger partial charge in [-0.25, -0.2) is 0 Å². The predicted molar refractivity (Wildman–Crippen MR) is 60.0 cm³/mol. The molecule has 0 aromatic heterocycles. The van der Waals surface area contributed by atoms with Gasteiger partial charge in [0.1, 0.15) is 0 Å². The molecule has 67 valence electrons. The van der Waals surface area contributed by atoms with Gasteiger partial charge >= 0.3 is 7.55 Å². The number of aliphatic imine (C=N–C) groups is 1. The van der Waals surface area contributed by atoms with Crippen molar-refractivity contribution in [3.05, 3.63) is 0 Å². The Morgan fingerprint density at radius 3 is 2.83 bits per heavy atom. The van der Waals surface area contributed by atoms with Gasteiger partial charge in [-0.15, -0.1) is 0 Å². The number of hydrazine groups is 1. The molecule has 1 unspecified atom stereocenters. The second kappa shape index (κ2) is 5.03. The van der Waals surface area contributed by atoms with Crippen molar-refractivity contribution in [2.24, 2.45) is 4.99 Å². The molecule has 1 rings (SSSR count). The van der Waals surface area contributed by atoms with E-state index in [4.69, 9.17) is 0 Å². The average molecular weight is 279 g/mol. The Labute approximate surface area is 88.4 Å². The van der Waals surface area contributed by atoms with E-state index in [1.165, 1.54) is 0 Å². The molecule has 1 aliphatic rings. The molecular formula is C6H13BIN4. The van der Waals surface area contributed by atoms with Crippen LogP contribution in [0.4, 0.5) is 0 Å². The highest BCUT2D eigenvalue weighted by Gasteiger charge is 2.26. The summed E-state index contributed by atoms with van der Waals surface area (Å²) in [5.41, 5.74) is 0. The average Bonchev–Trinajstić information content (AvgIpc) is 2.65. The predicted octanol–water partition coefficient (Wildman–Crippen LogP) is 0.383. The van der Waals surface area contributed by atoms with Crippen molar-refractivity contribution in [3.8, 4) is 0 Å². The summed E-state index contributed by atoms with van der Waals surface area (Å²) in [6.07, 6.45) is 2.97. The molecule has 0 saturated carbocycles. The van der Waals surface area contributed by atoms with Crippen LogP contribution in [0, 0.1) is 0 Å². The first-order chi connectivity index (χ1) is 5.70. The van der Waals surface area contributed by atoms with Gasteiger partial charge in [0.15, 0.2) is 0 Å². The third-order valence-corrected chi connectivity index (χ3v) is 2.03. The molecule has 1 heterocycles. The van der Waals surface area contributed by atoms with E-state index < -0.39 is 0 Å². The van der Waals surface area contributed by atoms with Gasteiger partial charge in [-0.05, 0) is 20.5 Å². The first-order valence-electron chi connectivity index (χ1n) is 3.93. The largest absolute Gasteiger partial charge is 0.387 e. The fourth-order valence-electron chi connectivity index (χ4n) is 0.781. The highest BCUT2D eigenvalue weighted by atomic mass is 127. The molecule has 0 aromatic carbocycles. The lowest BCUT2D eigenvalue weighted by Gasteiger charge is -2.04. The van der Waals surface area contributed by atoms with Crippen molar-refractivity contribution < 1.29 is 0 Å². The Kier molecular flexibility index (Phi) is 4.31. The van der Waals surface area contributed by atoms with Crippen LogP contribution in [0.25, 0.3) is 0 Å². The van der Waals surface area contributed by atoms with Gasteiger partial charge in [0.05, 0.1) is 6.34 Å². The SMILES string of the molecule is CN(I)CCCN=CN1[B]N1C. The molecule has 1 aliphatic heterocycles. The van der Waals surface area contributed by atoms with E-state index in [0.717, 1.165) is 19.5 Å². The fourth-order valence-corrected chi connectivity index (χ4v) is 1.12. The minimum atomic E-state index is 0.908. The van der Waals surface area contributed by atoms with Gasteiger partial charge in [0, 0.05) is 36.0 Å². The Balaban J connectivity index is 1.91. The van der Waals surface area contributed by atoms with Crippen molar-refractivity contribution in [2.45, 2.75) is 6.42 Å². The van der Waals surface area contributed by atoms with E-state index in [0.29, 0.717) is 0 Å². The molecule has 1 saturated heterocycles. The summed E-state index contributed by atoms with van der Waals surface area (Å²) in [4.78, 5) is 8.19. The van der Waals surface area contributed by atoms with Gasteiger partial charge in [-0.2, -0.15) is 0 Å². The van der Waals surface area contributed by atoms with Gasteiger partial charge in [0.25, 0.3) is 0 Å². The molecule has 1 radical (unpaired) electrons. The van der Waals surface area contributed by atoms with Crippen LogP contribution >= 0.6 is 22.9 Å². The van der Waals surface area contributed by atoms with Crippen LogP contribution in [-0.4, -0.2) is 54.0 Å². The highest BCUT2D eigenvalue weighted by Crippen LogP contribution is 2.02. The molecule has 1 atom stereocenters. The van der Waals surface area contributed by atoms with Crippen molar-refractivity contribution in [3.63, 3.8) is 0 Å². The summed E-state index contributed by atoms with van der Waals surface area (Å²) < 4.78 is 2.14. The van der Waals surface area contributed by atoms with Gasteiger partial charge in [0.2, 0.25) is 0 Å². The first-order valence-corrected chi connectivity index (χ1v) is 4.89. The maximum absolute atomic E-state index is 4.25. The number of halogens is 1. The maximum atomic E-state index is 4.25. The highest BCUT2D eigenvalue weighted by molar-refractivity contribution is 14.1. The maximum Gasteiger partial charge on any atom is 0.387 e. The summed E-state index contributed by atoms with van der Waals surface area (Å²) in [6.45, 7) is 2.00. The molecule has 6 heteroatoms. The lowest BCUT2D eigenvalue weighted by atomic mass is 10.3. The normalized spacial score (nSPS) is 22.0. The number of hydrogen-bond donors (Lipinski definition) is 0. The molecule has 4 nitrogen and oxygen atoms in total. The lowest BCUT2D eigenvalue weighted by Crippen LogP contribution is -2.07. The lowest BCUT2D eigenvalue weighted by molar-refractivity contribution is 0.491. The smallest absolute Gasteiger partial charge is 0.334 e. The second-order valence-corrected chi connectivity index (χ2v) is 4.42. The molecule has 0 aliphatic carbocycles. The summed E-state index contributed by atoms with van der Waals surface area (Å²) in [6, 6.07) is 0. The van der Waals surface area contributed by atoms with E-state index in [2.05, 4.69) is 38.0 Å². The zero-order chi connectivity index (χ0) is 8.97. The quantitative estimate of drug-likeness (QED) is 0.138. The molecule has 12 heavy (non-hydrogen) atoms. The Morgan fingerprint density at radius 2 is 2.33 bits per heavy atom. The fraction of sp³-hybridized carbons (Fsp3) is 0.833. The van der Waals surface area contributed by atoms with Crippen LogP contribution in [0.15, 0.2) is 4.99 Å². The van der Waals surface area contributed by atoms with E-state index >= 15 is 0 Å². The van der Waals surface area contributed by atoms with Crippen LogP contribution in [-0.2, 0) is 0 Å². The van der Waals surface area contributed by atoms with Crippen LogP contribution < -0.4 is 0 Å². The Hall–Kier alpha value is 0.185. The van der Waals surface area contributed by atoms with E-state index in [1.54, 1.807) is 0 Å². The van der Waals surface area contributed by atoms with Gasteiger partial charge < -0.3 is 4.92 Å². The van der Waals surface area contributed by atoms with Crippen molar-refractivity contribution in [2.75, 3.05) is 27.2 Å². The van der Waals surface area contributed by atoms with Crippen LogP contribution in [0.3, 0.4) is 0 Å². The Morgan fingerprint density at radius 1 is 1.67 bits per heavy atom. The van der Waals surface area contributed by atoms with E-state index in [-0.39, 0.29) is 0 Å². The molecule has 1 fully saturated rings. The van der Waals surface area contributed by atoms with E-state index in [1.807, 2.05) is 30.8 Å². The third-order valence-electron chi connectivity index (χ3n) is 1.55. The van der Waals surface area contributed by atoms with Crippen LogP contribution in [0.5, 0.6) is 0 Å².